The summed E-state index contributed by atoms with van der Waals surface area (Å²) in [6, 6.07) is 0.521. The van der Waals surface area contributed by atoms with Crippen molar-refractivity contribution in [1.82, 2.24) is 15.1 Å². The maximum Gasteiger partial charge on any atom is 0.236 e. The number of hydrogen-bond acceptors (Lipinski definition) is 3. The molecule has 2 rings (SSSR count). The Morgan fingerprint density at radius 1 is 1.22 bits per heavy atom. The highest BCUT2D eigenvalue weighted by Gasteiger charge is 2.26. The molecule has 1 heterocycles. The Kier molecular flexibility index (Phi) is 5.45. The van der Waals surface area contributed by atoms with E-state index in [9.17, 15) is 4.79 Å². The summed E-state index contributed by atoms with van der Waals surface area (Å²) < 4.78 is 0. The first-order chi connectivity index (χ1) is 8.81. The number of likely N-dealkylation sites (N-methyl/N-ethyl adjacent to an activating group) is 1. The van der Waals surface area contributed by atoms with E-state index < -0.39 is 0 Å². The van der Waals surface area contributed by atoms with Crippen LogP contribution in [0.3, 0.4) is 0 Å². The van der Waals surface area contributed by atoms with E-state index in [4.69, 9.17) is 0 Å². The van der Waals surface area contributed by atoms with Gasteiger partial charge in [-0.3, -0.25) is 9.69 Å². The predicted molar refractivity (Wildman–Crippen MR) is 73.6 cm³/mol. The molecule has 1 aliphatic carbocycles. The average molecular weight is 253 g/mol. The Bertz CT molecular complexity index is 256. The van der Waals surface area contributed by atoms with E-state index in [1.165, 1.54) is 25.7 Å². The number of carbonyl (C=O) groups excluding carboxylic acids is 1. The summed E-state index contributed by atoms with van der Waals surface area (Å²) in [6.45, 7) is 7.77. The fourth-order valence-corrected chi connectivity index (χ4v) is 3.20. The van der Waals surface area contributed by atoms with Crippen LogP contribution in [0.1, 0.15) is 39.0 Å². The molecule has 1 aliphatic heterocycles. The van der Waals surface area contributed by atoms with E-state index >= 15 is 0 Å². The predicted octanol–water partition coefficient (Wildman–Crippen LogP) is 1.07. The van der Waals surface area contributed by atoms with E-state index in [1.54, 1.807) is 0 Å². The zero-order valence-corrected chi connectivity index (χ0v) is 11.7. The van der Waals surface area contributed by atoms with E-state index in [0.29, 0.717) is 18.5 Å². The first kappa shape index (κ1) is 13.8. The normalized spacial score (nSPS) is 22.9. The maximum absolute atomic E-state index is 12.4. The molecule has 1 N–H and O–H groups in total. The second kappa shape index (κ2) is 7.10. The molecular weight excluding hydrogens is 226 g/mol. The van der Waals surface area contributed by atoms with Crippen molar-refractivity contribution in [1.29, 1.82) is 0 Å². The molecule has 0 unspecified atom stereocenters. The van der Waals surface area contributed by atoms with Crippen molar-refractivity contribution in [2.45, 2.75) is 45.1 Å². The van der Waals surface area contributed by atoms with Crippen molar-refractivity contribution in [2.24, 2.45) is 0 Å². The standard InChI is InChI=1S/C14H27N3O/c1-2-17(13-6-3-4-7-13)14(18)12-16-10-5-8-15-9-11-16/h13,15H,2-12H2,1H3. The second-order valence-corrected chi connectivity index (χ2v) is 5.50. The van der Waals surface area contributed by atoms with Crippen molar-refractivity contribution in [3.8, 4) is 0 Å². The maximum atomic E-state index is 12.4. The smallest absolute Gasteiger partial charge is 0.236 e. The van der Waals surface area contributed by atoms with Gasteiger partial charge in [-0.05, 0) is 39.3 Å². The van der Waals surface area contributed by atoms with Gasteiger partial charge in [-0.25, -0.2) is 0 Å². The molecule has 2 aliphatic rings. The van der Waals surface area contributed by atoms with Gasteiger partial charge in [0.05, 0.1) is 6.54 Å². The van der Waals surface area contributed by atoms with Crippen LogP contribution in [0.15, 0.2) is 0 Å². The van der Waals surface area contributed by atoms with Gasteiger partial charge in [0.25, 0.3) is 0 Å². The summed E-state index contributed by atoms with van der Waals surface area (Å²) in [5, 5.41) is 3.38. The zero-order chi connectivity index (χ0) is 12.8. The molecule has 0 aromatic heterocycles. The fourth-order valence-electron chi connectivity index (χ4n) is 3.20. The summed E-state index contributed by atoms with van der Waals surface area (Å²) in [5.74, 6) is 0.339. The Morgan fingerprint density at radius 2 is 2.00 bits per heavy atom. The van der Waals surface area contributed by atoms with Gasteiger partial charge in [-0.1, -0.05) is 12.8 Å². The first-order valence-electron chi connectivity index (χ1n) is 7.54. The van der Waals surface area contributed by atoms with Crippen LogP contribution in [-0.4, -0.2) is 61.0 Å². The third-order valence-electron chi connectivity index (χ3n) is 4.22. The van der Waals surface area contributed by atoms with Gasteiger partial charge in [0.1, 0.15) is 0 Å². The molecule has 1 saturated heterocycles. The highest BCUT2D eigenvalue weighted by atomic mass is 16.2. The Morgan fingerprint density at radius 3 is 2.72 bits per heavy atom. The average Bonchev–Trinajstić information content (AvgIpc) is 2.76. The Balaban J connectivity index is 1.84. The topological polar surface area (TPSA) is 35.6 Å². The van der Waals surface area contributed by atoms with Gasteiger partial charge in [-0.15, -0.1) is 0 Å². The lowest BCUT2D eigenvalue weighted by Gasteiger charge is -2.30. The van der Waals surface area contributed by atoms with Crippen LogP contribution in [0, 0.1) is 0 Å². The monoisotopic (exact) mass is 253 g/mol. The SMILES string of the molecule is CCN(C(=O)CN1CCCNCC1)C1CCCC1. The summed E-state index contributed by atoms with van der Waals surface area (Å²) >= 11 is 0. The molecule has 4 heteroatoms. The minimum absolute atomic E-state index is 0.339. The Labute approximate surface area is 111 Å². The third kappa shape index (κ3) is 3.69. The molecule has 2 fully saturated rings. The third-order valence-corrected chi connectivity index (χ3v) is 4.22. The lowest BCUT2D eigenvalue weighted by atomic mass is 10.2. The molecule has 0 bridgehead atoms. The summed E-state index contributed by atoms with van der Waals surface area (Å²) in [7, 11) is 0. The van der Waals surface area contributed by atoms with Crippen molar-refractivity contribution in [3.63, 3.8) is 0 Å². The zero-order valence-electron chi connectivity index (χ0n) is 11.7. The van der Waals surface area contributed by atoms with Crippen molar-refractivity contribution in [2.75, 3.05) is 39.3 Å². The molecule has 0 aromatic rings. The number of hydrogen-bond donors (Lipinski definition) is 1. The number of carbonyl (C=O) groups is 1. The van der Waals surface area contributed by atoms with E-state index in [2.05, 4.69) is 22.0 Å². The molecule has 4 nitrogen and oxygen atoms in total. The Hall–Kier alpha value is -0.610. The van der Waals surface area contributed by atoms with Gasteiger partial charge in [0.15, 0.2) is 0 Å². The number of rotatable bonds is 4. The molecular formula is C14H27N3O. The summed E-state index contributed by atoms with van der Waals surface area (Å²) in [5.41, 5.74) is 0. The highest BCUT2D eigenvalue weighted by Crippen LogP contribution is 2.23. The van der Waals surface area contributed by atoms with Crippen molar-refractivity contribution < 1.29 is 4.79 Å². The summed E-state index contributed by atoms with van der Waals surface area (Å²) in [4.78, 5) is 16.8. The molecule has 0 aromatic carbocycles. The highest BCUT2D eigenvalue weighted by molar-refractivity contribution is 5.78. The number of amides is 1. The fraction of sp³-hybridized carbons (Fsp3) is 0.929. The van der Waals surface area contributed by atoms with Gasteiger partial charge in [0.2, 0.25) is 5.91 Å². The van der Waals surface area contributed by atoms with E-state index in [1.807, 2.05) is 0 Å². The largest absolute Gasteiger partial charge is 0.339 e. The number of nitrogens with one attached hydrogen (secondary N) is 1. The van der Waals surface area contributed by atoms with Crippen LogP contribution in [0.5, 0.6) is 0 Å². The van der Waals surface area contributed by atoms with Crippen molar-refractivity contribution >= 4 is 5.91 Å². The van der Waals surface area contributed by atoms with Gasteiger partial charge in [0, 0.05) is 25.7 Å². The minimum atomic E-state index is 0.339. The van der Waals surface area contributed by atoms with Gasteiger partial charge in [-0.2, -0.15) is 0 Å². The summed E-state index contributed by atoms with van der Waals surface area (Å²) in [6.07, 6.45) is 6.16. The van der Waals surface area contributed by atoms with Gasteiger partial charge >= 0.3 is 0 Å². The van der Waals surface area contributed by atoms with Crippen LogP contribution in [0.2, 0.25) is 0 Å². The molecule has 0 radical (unpaired) electrons. The lowest BCUT2D eigenvalue weighted by Crippen LogP contribution is -2.45. The number of nitrogens with zero attached hydrogens (tertiary/aromatic N) is 2. The van der Waals surface area contributed by atoms with Crippen LogP contribution in [0.25, 0.3) is 0 Å². The quantitative estimate of drug-likeness (QED) is 0.814. The van der Waals surface area contributed by atoms with Crippen LogP contribution in [-0.2, 0) is 4.79 Å². The van der Waals surface area contributed by atoms with Crippen molar-refractivity contribution in [3.05, 3.63) is 0 Å². The molecule has 1 amide bonds. The van der Waals surface area contributed by atoms with Crippen LogP contribution < -0.4 is 5.32 Å². The molecule has 0 atom stereocenters. The van der Waals surface area contributed by atoms with Crippen LogP contribution in [0.4, 0.5) is 0 Å². The van der Waals surface area contributed by atoms with E-state index in [-0.39, 0.29) is 0 Å². The molecule has 0 spiro atoms. The molecule has 104 valence electrons. The minimum Gasteiger partial charge on any atom is -0.339 e. The van der Waals surface area contributed by atoms with E-state index in [0.717, 1.165) is 39.1 Å². The first-order valence-corrected chi connectivity index (χ1v) is 7.54. The lowest BCUT2D eigenvalue weighted by molar-refractivity contribution is -0.134. The molecule has 18 heavy (non-hydrogen) atoms. The van der Waals surface area contributed by atoms with Gasteiger partial charge < -0.3 is 10.2 Å². The van der Waals surface area contributed by atoms with Crippen LogP contribution >= 0.6 is 0 Å². The second-order valence-electron chi connectivity index (χ2n) is 5.50. The molecule has 1 saturated carbocycles.